The molecule has 0 atom stereocenters. The molecule has 0 unspecified atom stereocenters. The van der Waals surface area contributed by atoms with E-state index in [-0.39, 0.29) is 11.5 Å². The number of anilines is 1. The molecule has 0 heterocycles. The van der Waals surface area contributed by atoms with Crippen molar-refractivity contribution in [1.29, 1.82) is 5.26 Å². The molecule has 1 aromatic rings. The number of methoxy groups -OCH3 is 1. The lowest BCUT2D eigenvalue weighted by molar-refractivity contribution is -0.135. The molecule has 1 aromatic carbocycles. The molecule has 0 spiro atoms. The first-order chi connectivity index (χ1) is 10.6. The fourth-order valence-corrected chi connectivity index (χ4v) is 1.60. The smallest absolute Gasteiger partial charge is 0.350 e. The highest BCUT2D eigenvalue weighted by molar-refractivity contribution is 5.94. The topological polar surface area (TPSA) is 91.2 Å². The molecular formula is C16H19N3O3. The summed E-state index contributed by atoms with van der Waals surface area (Å²) in [6, 6.07) is 8.46. The molecule has 1 rings (SSSR count). The van der Waals surface area contributed by atoms with Gasteiger partial charge in [0.25, 0.3) is 5.91 Å². The van der Waals surface area contributed by atoms with Gasteiger partial charge in [0.05, 0.1) is 7.11 Å². The van der Waals surface area contributed by atoms with E-state index in [1.54, 1.807) is 30.3 Å². The Bertz CT molecular complexity index is 586. The van der Waals surface area contributed by atoms with Crippen molar-refractivity contribution in [3.05, 3.63) is 41.6 Å². The van der Waals surface area contributed by atoms with Crippen LogP contribution < -0.4 is 10.6 Å². The molecule has 0 aromatic heterocycles. The Morgan fingerprint density at radius 1 is 1.32 bits per heavy atom. The third-order valence-electron chi connectivity index (χ3n) is 2.87. The summed E-state index contributed by atoms with van der Waals surface area (Å²) < 4.78 is 4.47. The number of rotatable bonds is 7. The monoisotopic (exact) mass is 301 g/mol. The van der Waals surface area contributed by atoms with Crippen molar-refractivity contribution < 1.29 is 14.3 Å². The molecule has 6 nitrogen and oxygen atoms in total. The van der Waals surface area contributed by atoms with Gasteiger partial charge in [0, 0.05) is 24.0 Å². The van der Waals surface area contributed by atoms with Crippen molar-refractivity contribution in [2.75, 3.05) is 19.0 Å². The summed E-state index contributed by atoms with van der Waals surface area (Å²) in [4.78, 5) is 23.1. The number of carbonyl (C=O) groups excluding carboxylic acids is 2. The quantitative estimate of drug-likeness (QED) is 0.349. The molecular weight excluding hydrogens is 282 g/mol. The molecule has 22 heavy (non-hydrogen) atoms. The number of carbonyl (C=O) groups is 2. The largest absolute Gasteiger partial charge is 0.465 e. The minimum absolute atomic E-state index is 0.122. The maximum Gasteiger partial charge on any atom is 0.350 e. The summed E-state index contributed by atoms with van der Waals surface area (Å²) in [5.41, 5.74) is 1.07. The van der Waals surface area contributed by atoms with Gasteiger partial charge in [-0.2, -0.15) is 5.26 Å². The first-order valence-corrected chi connectivity index (χ1v) is 6.95. The van der Waals surface area contributed by atoms with E-state index < -0.39 is 5.97 Å². The van der Waals surface area contributed by atoms with Crippen LogP contribution in [-0.2, 0) is 9.53 Å². The van der Waals surface area contributed by atoms with Gasteiger partial charge in [-0.25, -0.2) is 4.79 Å². The molecule has 0 aliphatic carbocycles. The van der Waals surface area contributed by atoms with Gasteiger partial charge in [-0.1, -0.05) is 13.3 Å². The summed E-state index contributed by atoms with van der Waals surface area (Å²) in [5.74, 6) is -0.829. The van der Waals surface area contributed by atoms with E-state index in [0.717, 1.165) is 12.8 Å². The van der Waals surface area contributed by atoms with Crippen molar-refractivity contribution in [3.8, 4) is 6.07 Å². The predicted octanol–water partition coefficient (Wildman–Crippen LogP) is 2.21. The number of unbranched alkanes of at least 4 members (excludes halogenated alkanes) is 1. The lowest BCUT2D eigenvalue weighted by Gasteiger charge is -2.06. The average Bonchev–Trinajstić information content (AvgIpc) is 2.55. The molecule has 0 aliphatic rings. The highest BCUT2D eigenvalue weighted by Gasteiger charge is 2.08. The van der Waals surface area contributed by atoms with Crippen LogP contribution in [0.5, 0.6) is 0 Å². The fraction of sp³-hybridized carbons (Fsp3) is 0.312. The summed E-state index contributed by atoms with van der Waals surface area (Å²) in [6.45, 7) is 2.71. The van der Waals surface area contributed by atoms with Crippen molar-refractivity contribution >= 4 is 17.6 Å². The number of esters is 1. The Labute approximate surface area is 129 Å². The van der Waals surface area contributed by atoms with Crippen molar-refractivity contribution in [2.24, 2.45) is 0 Å². The van der Waals surface area contributed by atoms with E-state index in [1.165, 1.54) is 13.3 Å². The SMILES string of the molecule is CCCCNC(=O)c1ccc(N/C=C(/C#N)C(=O)OC)cc1. The third-order valence-corrected chi connectivity index (χ3v) is 2.87. The van der Waals surface area contributed by atoms with Crippen LogP contribution in [0.3, 0.4) is 0 Å². The van der Waals surface area contributed by atoms with Gasteiger partial charge in [-0.3, -0.25) is 4.79 Å². The Morgan fingerprint density at radius 2 is 2.00 bits per heavy atom. The van der Waals surface area contributed by atoms with Gasteiger partial charge in [0.2, 0.25) is 0 Å². The van der Waals surface area contributed by atoms with Crippen LogP contribution in [0.25, 0.3) is 0 Å². The number of nitriles is 1. The Kier molecular flexibility index (Phi) is 7.20. The molecule has 0 aliphatic heterocycles. The maximum atomic E-state index is 11.8. The van der Waals surface area contributed by atoms with E-state index in [4.69, 9.17) is 5.26 Å². The molecule has 1 amide bonds. The number of nitrogens with zero attached hydrogens (tertiary/aromatic N) is 1. The first-order valence-electron chi connectivity index (χ1n) is 6.95. The van der Waals surface area contributed by atoms with Crippen LogP contribution in [0.15, 0.2) is 36.0 Å². The van der Waals surface area contributed by atoms with Crippen LogP contribution in [0.1, 0.15) is 30.1 Å². The molecule has 116 valence electrons. The maximum absolute atomic E-state index is 11.8. The van der Waals surface area contributed by atoms with Crippen LogP contribution in [0.2, 0.25) is 0 Å². The second kappa shape index (κ2) is 9.19. The number of hydrogen-bond acceptors (Lipinski definition) is 5. The summed E-state index contributed by atoms with van der Waals surface area (Å²) in [5, 5.41) is 14.5. The molecule has 0 saturated heterocycles. The summed E-state index contributed by atoms with van der Waals surface area (Å²) >= 11 is 0. The van der Waals surface area contributed by atoms with Crippen LogP contribution in [0, 0.1) is 11.3 Å². The number of ether oxygens (including phenoxy) is 1. The summed E-state index contributed by atoms with van der Waals surface area (Å²) in [6.07, 6.45) is 3.24. The Hall–Kier alpha value is -2.81. The number of benzene rings is 1. The van der Waals surface area contributed by atoms with E-state index in [1.807, 2.05) is 0 Å². The Balaban J connectivity index is 2.65. The second-order valence-electron chi connectivity index (χ2n) is 4.49. The molecule has 0 saturated carbocycles. The molecule has 0 radical (unpaired) electrons. The number of amides is 1. The zero-order chi connectivity index (χ0) is 16.4. The molecule has 0 fully saturated rings. The number of hydrogen-bond donors (Lipinski definition) is 2. The van der Waals surface area contributed by atoms with Crippen LogP contribution in [-0.4, -0.2) is 25.5 Å². The lowest BCUT2D eigenvalue weighted by atomic mass is 10.2. The van der Waals surface area contributed by atoms with Crippen LogP contribution in [0.4, 0.5) is 5.69 Å². The molecule has 0 bridgehead atoms. The van der Waals surface area contributed by atoms with Gasteiger partial charge in [-0.05, 0) is 30.7 Å². The van der Waals surface area contributed by atoms with Gasteiger partial charge < -0.3 is 15.4 Å². The Morgan fingerprint density at radius 3 is 2.55 bits per heavy atom. The summed E-state index contributed by atoms with van der Waals surface area (Å²) in [7, 11) is 1.21. The normalized spacial score (nSPS) is 10.5. The third kappa shape index (κ3) is 5.29. The van der Waals surface area contributed by atoms with Gasteiger partial charge in [0.1, 0.15) is 6.07 Å². The van der Waals surface area contributed by atoms with Gasteiger partial charge in [0.15, 0.2) is 5.57 Å². The van der Waals surface area contributed by atoms with E-state index in [0.29, 0.717) is 17.8 Å². The minimum atomic E-state index is -0.707. The van der Waals surface area contributed by atoms with E-state index >= 15 is 0 Å². The number of nitrogens with one attached hydrogen (secondary N) is 2. The van der Waals surface area contributed by atoms with Gasteiger partial charge >= 0.3 is 5.97 Å². The standard InChI is InChI=1S/C16H19N3O3/c1-3-4-9-18-15(20)12-5-7-14(8-6-12)19-11-13(10-17)16(21)22-2/h5-8,11,19H,3-4,9H2,1-2H3,(H,18,20)/b13-11-. The van der Waals surface area contributed by atoms with Gasteiger partial charge in [-0.15, -0.1) is 0 Å². The first kappa shape index (κ1) is 17.2. The second-order valence-corrected chi connectivity index (χ2v) is 4.49. The van der Waals surface area contributed by atoms with Crippen molar-refractivity contribution in [3.63, 3.8) is 0 Å². The highest BCUT2D eigenvalue weighted by atomic mass is 16.5. The average molecular weight is 301 g/mol. The fourth-order valence-electron chi connectivity index (χ4n) is 1.60. The lowest BCUT2D eigenvalue weighted by Crippen LogP contribution is -2.24. The molecule has 6 heteroatoms. The van der Waals surface area contributed by atoms with E-state index in [9.17, 15) is 9.59 Å². The zero-order valence-corrected chi connectivity index (χ0v) is 12.7. The van der Waals surface area contributed by atoms with Crippen molar-refractivity contribution in [2.45, 2.75) is 19.8 Å². The van der Waals surface area contributed by atoms with Crippen molar-refractivity contribution in [1.82, 2.24) is 5.32 Å². The molecule has 2 N–H and O–H groups in total. The zero-order valence-electron chi connectivity index (χ0n) is 12.7. The minimum Gasteiger partial charge on any atom is -0.465 e. The van der Waals surface area contributed by atoms with Crippen LogP contribution >= 0.6 is 0 Å². The predicted molar refractivity (Wildman–Crippen MR) is 83.0 cm³/mol. The van der Waals surface area contributed by atoms with E-state index in [2.05, 4.69) is 22.3 Å². The highest BCUT2D eigenvalue weighted by Crippen LogP contribution is 2.10.